The van der Waals surface area contributed by atoms with Gasteiger partial charge in [0.2, 0.25) is 5.91 Å². The first-order valence-electron chi connectivity index (χ1n) is 8.10. The van der Waals surface area contributed by atoms with E-state index in [2.05, 4.69) is 5.32 Å². The predicted octanol–water partition coefficient (Wildman–Crippen LogP) is 3.31. The van der Waals surface area contributed by atoms with Gasteiger partial charge in [-0.1, -0.05) is 56.3 Å². The van der Waals surface area contributed by atoms with Crippen molar-refractivity contribution >= 4 is 11.9 Å². The summed E-state index contributed by atoms with van der Waals surface area (Å²) in [5.41, 5.74) is 1.25. The summed E-state index contributed by atoms with van der Waals surface area (Å²) in [6, 6.07) is 14.1. The molecule has 1 atom stereocenters. The third kappa shape index (κ3) is 5.41. The Morgan fingerprint density at radius 3 is 2.24 bits per heavy atom. The Morgan fingerprint density at radius 2 is 1.68 bits per heavy atom. The van der Waals surface area contributed by atoms with Gasteiger partial charge >= 0.3 is 5.97 Å². The lowest BCUT2D eigenvalue weighted by Crippen LogP contribution is -2.44. The third-order valence-corrected chi connectivity index (χ3v) is 4.14. The van der Waals surface area contributed by atoms with E-state index in [4.69, 9.17) is 0 Å². The number of benzene rings is 2. The minimum Gasteiger partial charge on any atom is -0.480 e. The van der Waals surface area contributed by atoms with Crippen LogP contribution in [0.15, 0.2) is 54.6 Å². The molecule has 1 unspecified atom stereocenters. The number of carbonyl (C=O) groups excluding carboxylic acids is 1. The van der Waals surface area contributed by atoms with Crippen LogP contribution in [0, 0.1) is 5.82 Å². The van der Waals surface area contributed by atoms with Crippen LogP contribution >= 0.6 is 0 Å². The number of nitrogens with one attached hydrogen (secondary N) is 1. The smallest absolute Gasteiger partial charge is 0.326 e. The molecule has 0 aromatic heterocycles. The van der Waals surface area contributed by atoms with E-state index in [1.807, 2.05) is 44.2 Å². The zero-order chi connectivity index (χ0) is 18.4. The lowest BCUT2D eigenvalue weighted by molar-refractivity contribution is -0.142. The first-order valence-corrected chi connectivity index (χ1v) is 8.10. The Bertz CT molecular complexity index is 726. The van der Waals surface area contributed by atoms with Crippen molar-refractivity contribution in [3.8, 4) is 0 Å². The van der Waals surface area contributed by atoms with Crippen molar-refractivity contribution in [2.45, 2.75) is 38.1 Å². The topological polar surface area (TPSA) is 66.4 Å². The molecular formula is C20H22FNO3. The molecular weight excluding hydrogens is 321 g/mol. The number of rotatable bonds is 7. The van der Waals surface area contributed by atoms with Crippen LogP contribution in [0.1, 0.15) is 31.4 Å². The number of halogens is 1. The largest absolute Gasteiger partial charge is 0.480 e. The molecule has 0 saturated heterocycles. The Kier molecular flexibility index (Phi) is 5.91. The fraction of sp³-hybridized carbons (Fsp3) is 0.300. The molecule has 0 heterocycles. The number of carboxylic acid groups (broad SMARTS) is 1. The lowest BCUT2D eigenvalue weighted by atomic mass is 9.81. The molecule has 2 aromatic carbocycles. The van der Waals surface area contributed by atoms with Gasteiger partial charge in [-0.15, -0.1) is 0 Å². The average Bonchev–Trinajstić information content (AvgIpc) is 2.56. The van der Waals surface area contributed by atoms with Crippen molar-refractivity contribution in [2.24, 2.45) is 0 Å². The molecule has 5 heteroatoms. The van der Waals surface area contributed by atoms with Gasteiger partial charge < -0.3 is 10.4 Å². The summed E-state index contributed by atoms with van der Waals surface area (Å²) in [5, 5.41) is 11.9. The molecule has 0 aliphatic heterocycles. The fourth-order valence-electron chi connectivity index (χ4n) is 2.69. The first kappa shape index (κ1) is 18.6. The predicted molar refractivity (Wildman–Crippen MR) is 93.8 cm³/mol. The van der Waals surface area contributed by atoms with Gasteiger partial charge in [-0.25, -0.2) is 9.18 Å². The second kappa shape index (κ2) is 7.92. The highest BCUT2D eigenvalue weighted by atomic mass is 19.1. The number of amides is 1. The van der Waals surface area contributed by atoms with Crippen LogP contribution in [0.25, 0.3) is 0 Å². The van der Waals surface area contributed by atoms with Crippen LogP contribution in [-0.4, -0.2) is 23.0 Å². The Hall–Kier alpha value is -2.69. The summed E-state index contributed by atoms with van der Waals surface area (Å²) < 4.78 is 13.0. The molecule has 0 saturated carbocycles. The van der Waals surface area contributed by atoms with Crippen LogP contribution in [-0.2, 0) is 21.4 Å². The molecule has 1 amide bonds. The van der Waals surface area contributed by atoms with Crippen molar-refractivity contribution in [3.05, 3.63) is 71.5 Å². The number of hydrogen-bond donors (Lipinski definition) is 2. The van der Waals surface area contributed by atoms with E-state index in [9.17, 15) is 19.1 Å². The van der Waals surface area contributed by atoms with Gasteiger partial charge in [-0.3, -0.25) is 4.79 Å². The van der Waals surface area contributed by atoms with E-state index in [0.29, 0.717) is 5.56 Å². The summed E-state index contributed by atoms with van der Waals surface area (Å²) in [4.78, 5) is 23.8. The van der Waals surface area contributed by atoms with E-state index in [-0.39, 0.29) is 24.6 Å². The summed E-state index contributed by atoms with van der Waals surface area (Å²) in [6.07, 6.45) is 0.275. The highest BCUT2D eigenvalue weighted by Gasteiger charge is 2.27. The number of carboxylic acids is 1. The molecule has 132 valence electrons. The SMILES string of the molecule is CC(C)(CC(=O)NC(Cc1ccc(F)cc1)C(=O)O)c1ccccc1. The normalized spacial score (nSPS) is 12.4. The van der Waals surface area contributed by atoms with E-state index >= 15 is 0 Å². The van der Waals surface area contributed by atoms with Gasteiger partial charge in [0.05, 0.1) is 0 Å². The molecule has 0 spiro atoms. The standard InChI is InChI=1S/C20H22FNO3/c1-20(2,15-6-4-3-5-7-15)13-18(23)22-17(19(24)25)12-14-8-10-16(21)11-9-14/h3-11,17H,12-13H2,1-2H3,(H,22,23)(H,24,25). The molecule has 0 fully saturated rings. The van der Waals surface area contributed by atoms with Crippen molar-refractivity contribution in [1.29, 1.82) is 0 Å². The van der Waals surface area contributed by atoms with E-state index < -0.39 is 17.4 Å². The Morgan fingerprint density at radius 1 is 1.08 bits per heavy atom. The zero-order valence-corrected chi connectivity index (χ0v) is 14.3. The van der Waals surface area contributed by atoms with E-state index in [0.717, 1.165) is 5.56 Å². The summed E-state index contributed by atoms with van der Waals surface area (Å²) >= 11 is 0. The number of aliphatic carboxylic acids is 1. The summed E-state index contributed by atoms with van der Waals surface area (Å²) in [6.45, 7) is 3.88. The third-order valence-electron chi connectivity index (χ3n) is 4.14. The average molecular weight is 343 g/mol. The molecule has 0 radical (unpaired) electrons. The van der Waals surface area contributed by atoms with Crippen LogP contribution in [0.5, 0.6) is 0 Å². The van der Waals surface area contributed by atoms with Crippen molar-refractivity contribution in [3.63, 3.8) is 0 Å². The second-order valence-corrected chi connectivity index (χ2v) is 6.72. The Labute approximate surface area is 146 Å². The molecule has 2 N–H and O–H groups in total. The van der Waals surface area contributed by atoms with Gasteiger partial charge in [-0.05, 0) is 28.7 Å². The maximum atomic E-state index is 13.0. The fourth-order valence-corrected chi connectivity index (χ4v) is 2.69. The maximum Gasteiger partial charge on any atom is 0.326 e. The van der Waals surface area contributed by atoms with Crippen LogP contribution in [0.4, 0.5) is 4.39 Å². The second-order valence-electron chi connectivity index (χ2n) is 6.72. The highest BCUT2D eigenvalue weighted by molar-refractivity contribution is 5.84. The summed E-state index contributed by atoms with van der Waals surface area (Å²) in [5.74, 6) is -1.83. The molecule has 0 bridgehead atoms. The van der Waals surface area contributed by atoms with Crippen molar-refractivity contribution in [2.75, 3.05) is 0 Å². The number of hydrogen-bond acceptors (Lipinski definition) is 2. The van der Waals surface area contributed by atoms with Crippen molar-refractivity contribution in [1.82, 2.24) is 5.32 Å². The molecule has 0 aliphatic carbocycles. The van der Waals surface area contributed by atoms with Gasteiger partial charge in [0.15, 0.2) is 0 Å². The molecule has 4 nitrogen and oxygen atoms in total. The van der Waals surface area contributed by atoms with Crippen LogP contribution in [0.2, 0.25) is 0 Å². The first-order chi connectivity index (χ1) is 11.8. The maximum absolute atomic E-state index is 13.0. The minimum atomic E-state index is -1.12. The lowest BCUT2D eigenvalue weighted by Gasteiger charge is -2.25. The quantitative estimate of drug-likeness (QED) is 0.810. The molecule has 2 aromatic rings. The van der Waals surface area contributed by atoms with Gasteiger partial charge in [0.1, 0.15) is 11.9 Å². The molecule has 25 heavy (non-hydrogen) atoms. The Balaban J connectivity index is 2.02. The van der Waals surface area contributed by atoms with E-state index in [1.165, 1.54) is 24.3 Å². The minimum absolute atomic E-state index is 0.104. The van der Waals surface area contributed by atoms with Gasteiger partial charge in [0.25, 0.3) is 0 Å². The molecule has 0 aliphatic rings. The number of carbonyl (C=O) groups is 2. The zero-order valence-electron chi connectivity index (χ0n) is 14.3. The highest BCUT2D eigenvalue weighted by Crippen LogP contribution is 2.26. The van der Waals surface area contributed by atoms with Crippen LogP contribution in [0.3, 0.4) is 0 Å². The van der Waals surface area contributed by atoms with Crippen molar-refractivity contribution < 1.29 is 19.1 Å². The van der Waals surface area contributed by atoms with E-state index in [1.54, 1.807) is 0 Å². The van der Waals surface area contributed by atoms with Crippen LogP contribution < -0.4 is 5.32 Å². The van der Waals surface area contributed by atoms with Gasteiger partial charge in [0, 0.05) is 12.8 Å². The molecule has 2 rings (SSSR count). The van der Waals surface area contributed by atoms with Gasteiger partial charge in [-0.2, -0.15) is 0 Å². The monoisotopic (exact) mass is 343 g/mol. The summed E-state index contributed by atoms with van der Waals surface area (Å²) in [7, 11) is 0.